The summed E-state index contributed by atoms with van der Waals surface area (Å²) >= 11 is 6.56. The third kappa shape index (κ3) is 4.09. The van der Waals surface area contributed by atoms with Gasteiger partial charge in [-0.25, -0.2) is 0 Å². The molecule has 2 aromatic rings. The molecule has 0 bridgehead atoms. The average molecular weight is 411 g/mol. The van der Waals surface area contributed by atoms with Crippen LogP contribution in [-0.2, 0) is 0 Å². The quantitative estimate of drug-likeness (QED) is 0.309. The van der Waals surface area contributed by atoms with Gasteiger partial charge in [0.15, 0.2) is 5.78 Å². The van der Waals surface area contributed by atoms with Crippen LogP contribution in [0.15, 0.2) is 57.5 Å². The minimum absolute atomic E-state index is 0.0162. The Kier molecular flexibility index (Phi) is 5.03. The van der Waals surface area contributed by atoms with Gasteiger partial charge in [-0.2, -0.15) is 0 Å². The van der Waals surface area contributed by atoms with Gasteiger partial charge in [0.25, 0.3) is 5.69 Å². The molecule has 4 nitrogen and oxygen atoms in total. The van der Waals surface area contributed by atoms with Gasteiger partial charge in [0.05, 0.1) is 9.41 Å². The molecule has 0 aliphatic rings. The zero-order valence-corrected chi connectivity index (χ0v) is 13.8. The molecule has 0 atom stereocenters. The van der Waals surface area contributed by atoms with E-state index in [4.69, 9.17) is 0 Å². The van der Waals surface area contributed by atoms with Gasteiger partial charge in [-0.05, 0) is 64.0 Å². The normalized spacial score (nSPS) is 11.2. The minimum atomic E-state index is -0.463. The predicted octanol–water partition coefficient (Wildman–Crippen LogP) is 4.98. The van der Waals surface area contributed by atoms with Crippen molar-refractivity contribution >= 4 is 49.4 Å². The van der Waals surface area contributed by atoms with Crippen molar-refractivity contribution in [2.45, 2.75) is 0 Å². The van der Waals surface area contributed by atoms with Crippen LogP contribution < -0.4 is 0 Å². The smallest absolute Gasteiger partial charge is 0.269 e. The molecule has 0 aliphatic carbocycles. The van der Waals surface area contributed by atoms with Crippen LogP contribution in [0.2, 0.25) is 0 Å². The number of carbonyl (C=O) groups excluding carboxylic acids is 1. The number of hydrogen-bond donors (Lipinski definition) is 0. The predicted molar refractivity (Wildman–Crippen MR) is 88.5 cm³/mol. The van der Waals surface area contributed by atoms with Crippen LogP contribution >= 0.6 is 31.9 Å². The number of non-ortho nitro benzene ring substituents is 1. The number of benzene rings is 2. The Bertz CT molecular complexity index is 707. The van der Waals surface area contributed by atoms with E-state index in [0.29, 0.717) is 15.6 Å². The lowest BCUT2D eigenvalue weighted by Crippen LogP contribution is -1.98. The highest BCUT2D eigenvalue weighted by molar-refractivity contribution is 9.12. The molecule has 0 amide bonds. The Morgan fingerprint density at radius 2 is 1.62 bits per heavy atom. The van der Waals surface area contributed by atoms with Crippen LogP contribution in [0.25, 0.3) is 6.08 Å². The first-order valence-electron chi connectivity index (χ1n) is 5.89. The van der Waals surface area contributed by atoms with E-state index in [9.17, 15) is 14.9 Å². The topological polar surface area (TPSA) is 60.2 Å². The molecule has 0 N–H and O–H groups in total. The van der Waals surface area contributed by atoms with Gasteiger partial charge < -0.3 is 0 Å². The molecule has 0 saturated carbocycles. The highest BCUT2D eigenvalue weighted by atomic mass is 79.9. The van der Waals surface area contributed by atoms with Gasteiger partial charge >= 0.3 is 0 Å². The van der Waals surface area contributed by atoms with Crippen molar-refractivity contribution in [3.05, 3.63) is 78.7 Å². The molecule has 2 aromatic carbocycles. The van der Waals surface area contributed by atoms with Crippen LogP contribution in [0.1, 0.15) is 15.9 Å². The second kappa shape index (κ2) is 6.78. The summed E-state index contributed by atoms with van der Waals surface area (Å²) in [6.45, 7) is 0. The van der Waals surface area contributed by atoms with Crippen molar-refractivity contribution < 1.29 is 9.72 Å². The summed E-state index contributed by atoms with van der Waals surface area (Å²) < 4.78 is 1.29. The van der Waals surface area contributed by atoms with Gasteiger partial charge in [0.2, 0.25) is 0 Å². The maximum absolute atomic E-state index is 12.2. The van der Waals surface area contributed by atoms with E-state index >= 15 is 0 Å². The molecule has 0 aliphatic heterocycles. The molecule has 0 saturated heterocycles. The molecule has 2 rings (SSSR count). The minimum Gasteiger partial charge on any atom is -0.288 e. The van der Waals surface area contributed by atoms with Crippen LogP contribution in [-0.4, -0.2) is 10.7 Å². The van der Waals surface area contributed by atoms with E-state index in [2.05, 4.69) is 31.9 Å². The first-order valence-corrected chi connectivity index (χ1v) is 7.48. The Balaban J connectivity index is 2.21. The summed E-state index contributed by atoms with van der Waals surface area (Å²) in [5.74, 6) is -0.152. The van der Waals surface area contributed by atoms with Crippen molar-refractivity contribution in [2.24, 2.45) is 0 Å². The van der Waals surface area contributed by atoms with Crippen molar-refractivity contribution in [3.8, 4) is 0 Å². The number of carbonyl (C=O) groups is 1. The third-order valence-electron chi connectivity index (χ3n) is 2.72. The molecule has 0 heterocycles. The Hall–Kier alpha value is -1.79. The SMILES string of the molecule is O=C(C(Br)=Cc1ccc([N+](=O)[O-])cc1)c1ccc(Br)cc1. The Morgan fingerprint density at radius 3 is 2.14 bits per heavy atom. The summed E-state index contributed by atoms with van der Waals surface area (Å²) in [5, 5.41) is 10.6. The first-order chi connectivity index (χ1) is 9.97. The number of Topliss-reactive ketones (excluding diaryl/α,β-unsaturated/α-hetero) is 1. The lowest BCUT2D eigenvalue weighted by atomic mass is 10.1. The van der Waals surface area contributed by atoms with Crippen LogP contribution in [0, 0.1) is 10.1 Å². The van der Waals surface area contributed by atoms with E-state index in [1.807, 2.05) is 0 Å². The fourth-order valence-electron chi connectivity index (χ4n) is 1.64. The van der Waals surface area contributed by atoms with Crippen molar-refractivity contribution in [1.29, 1.82) is 0 Å². The van der Waals surface area contributed by atoms with Crippen molar-refractivity contribution in [2.75, 3.05) is 0 Å². The summed E-state index contributed by atoms with van der Waals surface area (Å²) in [7, 11) is 0. The monoisotopic (exact) mass is 409 g/mol. The van der Waals surface area contributed by atoms with E-state index in [-0.39, 0.29) is 11.5 Å². The van der Waals surface area contributed by atoms with Gasteiger partial charge in [0.1, 0.15) is 0 Å². The Labute approximate surface area is 137 Å². The van der Waals surface area contributed by atoms with Gasteiger partial charge in [-0.15, -0.1) is 0 Å². The average Bonchev–Trinajstić information content (AvgIpc) is 2.47. The maximum Gasteiger partial charge on any atom is 0.269 e. The number of nitro groups is 1. The molecule has 0 spiro atoms. The molecule has 106 valence electrons. The van der Waals surface area contributed by atoms with Crippen LogP contribution in [0.4, 0.5) is 5.69 Å². The zero-order chi connectivity index (χ0) is 15.4. The molecule has 0 radical (unpaired) electrons. The fourth-order valence-corrected chi connectivity index (χ4v) is 2.40. The number of hydrogen-bond acceptors (Lipinski definition) is 3. The molecule has 0 unspecified atom stereocenters. The van der Waals surface area contributed by atoms with Gasteiger partial charge in [-0.3, -0.25) is 14.9 Å². The number of rotatable bonds is 4. The second-order valence-corrected chi connectivity index (χ2v) is 5.95. The maximum atomic E-state index is 12.2. The number of ketones is 1. The largest absolute Gasteiger partial charge is 0.288 e. The van der Waals surface area contributed by atoms with E-state index in [1.54, 1.807) is 42.5 Å². The van der Waals surface area contributed by atoms with Crippen molar-refractivity contribution in [1.82, 2.24) is 0 Å². The highest BCUT2D eigenvalue weighted by Gasteiger charge is 2.10. The van der Waals surface area contributed by atoms with Gasteiger partial charge in [-0.1, -0.05) is 15.9 Å². The standard InChI is InChI=1S/C15H9Br2NO3/c16-12-5-3-11(4-6-12)15(19)14(17)9-10-1-7-13(8-2-10)18(20)21/h1-9H. The summed E-state index contributed by atoms with van der Waals surface area (Å²) in [6.07, 6.45) is 1.63. The number of halogens is 2. The molecule has 0 aromatic heterocycles. The number of nitro benzene ring substituents is 1. The van der Waals surface area contributed by atoms with E-state index in [0.717, 1.165) is 4.47 Å². The summed E-state index contributed by atoms with van der Waals surface area (Å²) in [4.78, 5) is 22.3. The zero-order valence-electron chi connectivity index (χ0n) is 10.6. The van der Waals surface area contributed by atoms with Crippen LogP contribution in [0.3, 0.4) is 0 Å². The number of nitrogens with zero attached hydrogens (tertiary/aromatic N) is 1. The molecular formula is C15H9Br2NO3. The fraction of sp³-hybridized carbons (Fsp3) is 0. The molecule has 0 fully saturated rings. The lowest BCUT2D eigenvalue weighted by Gasteiger charge is -2.01. The van der Waals surface area contributed by atoms with E-state index in [1.165, 1.54) is 12.1 Å². The summed E-state index contributed by atoms with van der Waals surface area (Å²) in [6, 6.07) is 13.0. The van der Waals surface area contributed by atoms with Crippen LogP contribution in [0.5, 0.6) is 0 Å². The third-order valence-corrected chi connectivity index (χ3v) is 3.84. The second-order valence-electron chi connectivity index (χ2n) is 4.18. The first kappa shape index (κ1) is 15.6. The Morgan fingerprint density at radius 1 is 1.05 bits per heavy atom. The molecular weight excluding hydrogens is 402 g/mol. The summed E-state index contributed by atoms with van der Waals surface area (Å²) in [5.41, 5.74) is 1.28. The lowest BCUT2D eigenvalue weighted by molar-refractivity contribution is -0.384. The number of allylic oxidation sites excluding steroid dienone is 1. The molecule has 6 heteroatoms. The molecule has 21 heavy (non-hydrogen) atoms. The van der Waals surface area contributed by atoms with Gasteiger partial charge in [0, 0.05) is 22.2 Å². The van der Waals surface area contributed by atoms with E-state index < -0.39 is 4.92 Å². The van der Waals surface area contributed by atoms with Crippen molar-refractivity contribution in [3.63, 3.8) is 0 Å². The highest BCUT2D eigenvalue weighted by Crippen LogP contribution is 2.21.